The summed E-state index contributed by atoms with van der Waals surface area (Å²) < 4.78 is 40.4. The molecule has 0 atom stereocenters. The fourth-order valence-corrected chi connectivity index (χ4v) is 4.20. The molecule has 1 N–H and O–H groups in total. The first-order chi connectivity index (χ1) is 13.8. The smallest absolute Gasteiger partial charge is 0.266 e. The Hall–Kier alpha value is -2.68. The number of aromatic nitrogens is 1. The van der Waals surface area contributed by atoms with Crippen molar-refractivity contribution >= 4 is 50.5 Å². The topological polar surface area (TPSA) is 79.4 Å². The van der Waals surface area contributed by atoms with Gasteiger partial charge in [-0.2, -0.15) is 0 Å². The Morgan fingerprint density at radius 3 is 2.45 bits per heavy atom. The molecule has 0 aliphatic heterocycles. The van der Waals surface area contributed by atoms with Crippen molar-refractivity contribution in [3.63, 3.8) is 0 Å². The number of benzene rings is 2. The van der Waals surface area contributed by atoms with Crippen LogP contribution in [-0.4, -0.2) is 25.9 Å². The molecule has 1 amide bonds. The van der Waals surface area contributed by atoms with E-state index in [2.05, 4.69) is 10.3 Å². The summed E-state index contributed by atoms with van der Waals surface area (Å²) in [7, 11) is -4.14. The lowest BCUT2D eigenvalue weighted by atomic mass is 10.3. The van der Waals surface area contributed by atoms with Crippen LogP contribution in [0.4, 0.5) is 15.8 Å². The predicted molar refractivity (Wildman–Crippen MR) is 110 cm³/mol. The second kappa shape index (κ2) is 8.77. The Balaban J connectivity index is 1.94. The van der Waals surface area contributed by atoms with Crippen LogP contribution in [0.25, 0.3) is 0 Å². The Morgan fingerprint density at radius 1 is 1.07 bits per heavy atom. The fraction of sp³-hybridized carbons (Fsp3) is 0.0526. The summed E-state index contributed by atoms with van der Waals surface area (Å²) in [5.41, 5.74) is 0.351. The quantitative estimate of drug-likeness (QED) is 0.600. The molecule has 0 bridgehead atoms. The first-order valence-corrected chi connectivity index (χ1v) is 10.4. The Morgan fingerprint density at radius 2 is 1.79 bits per heavy atom. The summed E-state index contributed by atoms with van der Waals surface area (Å²) in [6.07, 6.45) is 2.59. The maximum Gasteiger partial charge on any atom is 0.266 e. The van der Waals surface area contributed by atoms with E-state index in [1.54, 1.807) is 12.1 Å². The minimum absolute atomic E-state index is 0.113. The second-order valence-electron chi connectivity index (χ2n) is 5.83. The number of sulfonamides is 1. The predicted octanol–water partition coefficient (Wildman–Crippen LogP) is 4.36. The van der Waals surface area contributed by atoms with Crippen molar-refractivity contribution < 1.29 is 17.6 Å². The van der Waals surface area contributed by atoms with Gasteiger partial charge in [0.25, 0.3) is 10.0 Å². The number of hydrogen-bond acceptors (Lipinski definition) is 4. The van der Waals surface area contributed by atoms with Crippen LogP contribution in [0.1, 0.15) is 0 Å². The van der Waals surface area contributed by atoms with Gasteiger partial charge in [0.1, 0.15) is 17.3 Å². The van der Waals surface area contributed by atoms with Crippen LogP contribution in [-0.2, 0) is 14.8 Å². The van der Waals surface area contributed by atoms with Crippen molar-refractivity contribution in [2.75, 3.05) is 16.2 Å². The monoisotopic (exact) mass is 453 g/mol. The van der Waals surface area contributed by atoms with E-state index < -0.39 is 28.3 Å². The highest BCUT2D eigenvalue weighted by atomic mass is 35.5. The van der Waals surface area contributed by atoms with Gasteiger partial charge in [-0.15, -0.1) is 0 Å². The van der Waals surface area contributed by atoms with Crippen LogP contribution >= 0.6 is 23.2 Å². The molecular weight excluding hydrogens is 440 g/mol. The molecule has 150 valence electrons. The summed E-state index contributed by atoms with van der Waals surface area (Å²) >= 11 is 12.0. The first kappa shape index (κ1) is 21.0. The highest BCUT2D eigenvalue weighted by molar-refractivity contribution is 7.92. The molecule has 0 saturated carbocycles. The van der Waals surface area contributed by atoms with Crippen LogP contribution in [0.2, 0.25) is 10.0 Å². The molecule has 0 fully saturated rings. The summed E-state index contributed by atoms with van der Waals surface area (Å²) in [6.45, 7) is -0.578. The van der Waals surface area contributed by atoms with E-state index in [0.29, 0.717) is 0 Å². The van der Waals surface area contributed by atoms with E-state index in [-0.39, 0.29) is 26.3 Å². The van der Waals surface area contributed by atoms with Gasteiger partial charge in [0.2, 0.25) is 5.91 Å². The van der Waals surface area contributed by atoms with Crippen LogP contribution in [0.15, 0.2) is 71.9 Å². The number of carbonyl (C=O) groups excluding carboxylic acids is 1. The third kappa shape index (κ3) is 4.84. The zero-order valence-corrected chi connectivity index (χ0v) is 17.0. The van der Waals surface area contributed by atoms with E-state index in [1.807, 2.05) is 0 Å². The van der Waals surface area contributed by atoms with Crippen LogP contribution < -0.4 is 9.62 Å². The molecule has 0 radical (unpaired) electrons. The SMILES string of the molecule is O=C(CN(c1ccc(F)cc1)S(=O)(=O)c1cccnc1)Nc1cccc(Cl)c1Cl. The normalized spacial score (nSPS) is 11.1. The van der Waals surface area contributed by atoms with E-state index in [1.165, 1.54) is 36.5 Å². The molecule has 1 aromatic heterocycles. The van der Waals surface area contributed by atoms with E-state index >= 15 is 0 Å². The van der Waals surface area contributed by atoms with Crippen molar-refractivity contribution in [2.45, 2.75) is 4.90 Å². The summed E-state index contributed by atoms with van der Waals surface area (Å²) in [5.74, 6) is -1.20. The second-order valence-corrected chi connectivity index (χ2v) is 8.47. The van der Waals surface area contributed by atoms with Gasteiger partial charge in [0.15, 0.2) is 0 Å². The van der Waals surface area contributed by atoms with E-state index in [4.69, 9.17) is 23.2 Å². The van der Waals surface area contributed by atoms with Gasteiger partial charge in [0.05, 0.1) is 21.4 Å². The average molecular weight is 454 g/mol. The molecule has 0 aliphatic rings. The van der Waals surface area contributed by atoms with Crippen molar-refractivity contribution in [1.29, 1.82) is 0 Å². The molecule has 29 heavy (non-hydrogen) atoms. The molecule has 0 saturated heterocycles. The van der Waals surface area contributed by atoms with Gasteiger partial charge in [-0.3, -0.25) is 14.1 Å². The summed E-state index contributed by atoms with van der Waals surface area (Å²) in [6, 6.07) is 12.2. The molecule has 1 heterocycles. The molecule has 0 unspecified atom stereocenters. The molecule has 2 aromatic carbocycles. The molecule has 6 nitrogen and oxygen atoms in total. The lowest BCUT2D eigenvalue weighted by molar-refractivity contribution is -0.114. The van der Waals surface area contributed by atoms with E-state index in [0.717, 1.165) is 22.6 Å². The highest BCUT2D eigenvalue weighted by Gasteiger charge is 2.27. The van der Waals surface area contributed by atoms with Crippen LogP contribution in [0.5, 0.6) is 0 Å². The van der Waals surface area contributed by atoms with Gasteiger partial charge in [-0.25, -0.2) is 12.8 Å². The molecule has 3 rings (SSSR count). The minimum Gasteiger partial charge on any atom is -0.323 e. The van der Waals surface area contributed by atoms with Crippen LogP contribution in [0, 0.1) is 5.82 Å². The van der Waals surface area contributed by atoms with Crippen LogP contribution in [0.3, 0.4) is 0 Å². The minimum atomic E-state index is -4.14. The molecule has 0 spiro atoms. The average Bonchev–Trinajstić information content (AvgIpc) is 2.71. The van der Waals surface area contributed by atoms with Gasteiger partial charge < -0.3 is 5.32 Å². The maximum absolute atomic E-state index is 13.3. The van der Waals surface area contributed by atoms with Gasteiger partial charge in [-0.05, 0) is 48.5 Å². The van der Waals surface area contributed by atoms with Gasteiger partial charge in [-0.1, -0.05) is 29.3 Å². The number of carbonyl (C=O) groups is 1. The Labute approximate surface area is 176 Å². The highest BCUT2D eigenvalue weighted by Crippen LogP contribution is 2.30. The molecule has 10 heteroatoms. The standard InChI is InChI=1S/C19H14Cl2FN3O3S/c20-16-4-1-5-17(19(16)21)24-18(26)12-25(14-8-6-13(22)7-9-14)29(27,28)15-3-2-10-23-11-15/h1-11H,12H2,(H,24,26). The number of pyridine rings is 1. The Kier molecular flexibility index (Phi) is 6.36. The van der Waals surface area contributed by atoms with E-state index in [9.17, 15) is 17.6 Å². The zero-order valence-electron chi connectivity index (χ0n) is 14.7. The summed E-state index contributed by atoms with van der Waals surface area (Å²) in [4.78, 5) is 16.3. The zero-order chi connectivity index (χ0) is 21.0. The van der Waals surface area contributed by atoms with Gasteiger partial charge >= 0.3 is 0 Å². The lowest BCUT2D eigenvalue weighted by Crippen LogP contribution is -2.38. The van der Waals surface area contributed by atoms with Crippen molar-refractivity contribution in [1.82, 2.24) is 4.98 Å². The van der Waals surface area contributed by atoms with Gasteiger partial charge in [0, 0.05) is 12.4 Å². The third-order valence-corrected chi connectivity index (χ3v) is 6.43. The van der Waals surface area contributed by atoms with Crippen molar-refractivity contribution in [2.24, 2.45) is 0 Å². The number of nitrogens with one attached hydrogen (secondary N) is 1. The molecule has 3 aromatic rings. The number of rotatable bonds is 6. The molecular formula is C19H14Cl2FN3O3S. The maximum atomic E-state index is 13.3. The first-order valence-electron chi connectivity index (χ1n) is 8.21. The number of anilines is 2. The number of halogens is 3. The number of nitrogens with zero attached hydrogens (tertiary/aromatic N) is 2. The third-order valence-electron chi connectivity index (χ3n) is 3.85. The largest absolute Gasteiger partial charge is 0.323 e. The Bertz CT molecular complexity index is 1130. The summed E-state index contributed by atoms with van der Waals surface area (Å²) in [5, 5.41) is 2.90. The molecule has 0 aliphatic carbocycles. The number of hydrogen-bond donors (Lipinski definition) is 1. The lowest BCUT2D eigenvalue weighted by Gasteiger charge is -2.24. The van der Waals surface area contributed by atoms with Crippen molar-refractivity contribution in [3.05, 3.63) is 82.9 Å². The number of amides is 1. The van der Waals surface area contributed by atoms with Crippen molar-refractivity contribution in [3.8, 4) is 0 Å². The fourth-order valence-electron chi connectivity index (χ4n) is 2.47.